The van der Waals surface area contributed by atoms with Crippen LogP contribution < -0.4 is 10.6 Å². The molecule has 5 rings (SSSR count). The highest BCUT2D eigenvalue weighted by molar-refractivity contribution is 6.34. The zero-order valence-corrected chi connectivity index (χ0v) is 19.0. The molecule has 1 amide bonds. The maximum atomic E-state index is 11.8. The molecule has 8 heteroatoms. The van der Waals surface area contributed by atoms with Gasteiger partial charge in [0.15, 0.2) is 0 Å². The summed E-state index contributed by atoms with van der Waals surface area (Å²) >= 11 is 6.25. The number of morpholine rings is 1. The Hall–Kier alpha value is -2.61. The molecule has 0 aliphatic carbocycles. The molecule has 7 nitrogen and oxygen atoms in total. The predicted octanol–water partition coefficient (Wildman–Crippen LogP) is 3.71. The Balaban J connectivity index is 1.47. The second-order valence-electron chi connectivity index (χ2n) is 8.57. The van der Waals surface area contributed by atoms with Crippen molar-refractivity contribution >= 4 is 28.7 Å². The van der Waals surface area contributed by atoms with E-state index in [9.17, 15) is 4.79 Å². The van der Waals surface area contributed by atoms with Gasteiger partial charge in [-0.2, -0.15) is 5.10 Å². The van der Waals surface area contributed by atoms with Crippen LogP contribution in [-0.4, -0.2) is 59.4 Å². The summed E-state index contributed by atoms with van der Waals surface area (Å²) in [5.41, 5.74) is 10.6. The molecule has 0 saturated carbocycles. The largest absolute Gasteiger partial charge is 0.379 e. The minimum Gasteiger partial charge on any atom is -0.379 e. The van der Waals surface area contributed by atoms with E-state index in [4.69, 9.17) is 22.1 Å². The highest BCUT2D eigenvalue weighted by atomic mass is 35.5. The number of aryl methyl sites for hydroxylation is 1. The Labute approximate surface area is 192 Å². The van der Waals surface area contributed by atoms with Crippen LogP contribution in [0.5, 0.6) is 0 Å². The predicted molar refractivity (Wildman–Crippen MR) is 126 cm³/mol. The van der Waals surface area contributed by atoms with Gasteiger partial charge in [0, 0.05) is 30.9 Å². The number of hydrogen-bond donors (Lipinski definition) is 1. The van der Waals surface area contributed by atoms with E-state index in [1.54, 1.807) is 6.07 Å². The van der Waals surface area contributed by atoms with E-state index in [1.807, 2.05) is 12.1 Å². The van der Waals surface area contributed by atoms with Crippen LogP contribution in [0.15, 0.2) is 36.4 Å². The van der Waals surface area contributed by atoms with E-state index >= 15 is 0 Å². The fourth-order valence-electron chi connectivity index (χ4n) is 4.95. The number of ether oxygens (including phenoxy) is 1. The van der Waals surface area contributed by atoms with Gasteiger partial charge < -0.3 is 15.4 Å². The molecule has 0 spiro atoms. The van der Waals surface area contributed by atoms with Crippen molar-refractivity contribution in [1.29, 1.82) is 0 Å². The molecular formula is C24H28ClN5O2. The SMILES string of the molecule is Cc1cc(N2CCCCC2N2CCOCC2)ccc1-c1ccc2c(Cl)cc(C(N)=O)n2n1. The molecule has 3 aromatic rings. The van der Waals surface area contributed by atoms with Gasteiger partial charge in [-0.05, 0) is 62.1 Å². The van der Waals surface area contributed by atoms with Crippen molar-refractivity contribution in [2.24, 2.45) is 5.73 Å². The first-order chi connectivity index (χ1) is 15.5. The van der Waals surface area contributed by atoms with Crippen LogP contribution in [0.2, 0.25) is 5.02 Å². The standard InChI is InChI=1S/C24H28ClN5O2/c1-16-14-17(29-9-3-2-4-23(29)28-10-12-32-13-11-28)5-6-18(16)20-7-8-21-19(25)15-22(24(26)31)30(21)27-20/h5-8,14-15,23H,2-4,9-13H2,1H3,(H2,26,31). The number of halogens is 1. The third-order valence-electron chi connectivity index (χ3n) is 6.58. The molecule has 4 heterocycles. The molecule has 1 atom stereocenters. The fraction of sp³-hybridized carbons (Fsp3) is 0.417. The Kier molecular flexibility index (Phi) is 5.80. The summed E-state index contributed by atoms with van der Waals surface area (Å²) in [6.45, 7) is 6.78. The molecule has 2 aliphatic heterocycles. The number of benzene rings is 1. The van der Waals surface area contributed by atoms with Gasteiger partial charge in [0.25, 0.3) is 5.91 Å². The van der Waals surface area contributed by atoms with Gasteiger partial charge in [0.2, 0.25) is 0 Å². The number of piperidine rings is 1. The minimum atomic E-state index is -0.553. The molecular weight excluding hydrogens is 426 g/mol. The lowest BCUT2D eigenvalue weighted by molar-refractivity contribution is 0.0107. The number of carbonyl (C=O) groups excluding carboxylic acids is 1. The second kappa shape index (κ2) is 8.73. The molecule has 2 saturated heterocycles. The van der Waals surface area contributed by atoms with Gasteiger partial charge in [-0.1, -0.05) is 17.7 Å². The number of aromatic nitrogens is 2. The zero-order valence-electron chi connectivity index (χ0n) is 18.3. The number of nitrogens with zero attached hydrogens (tertiary/aromatic N) is 4. The van der Waals surface area contributed by atoms with Gasteiger partial charge in [0.1, 0.15) is 5.69 Å². The van der Waals surface area contributed by atoms with Crippen LogP contribution in [0.4, 0.5) is 5.69 Å². The van der Waals surface area contributed by atoms with E-state index < -0.39 is 5.91 Å². The highest BCUT2D eigenvalue weighted by Crippen LogP contribution is 2.32. The lowest BCUT2D eigenvalue weighted by atomic mass is 10.0. The molecule has 2 aliphatic rings. The van der Waals surface area contributed by atoms with Gasteiger partial charge in [0.05, 0.1) is 35.6 Å². The Bertz CT molecular complexity index is 1150. The Morgan fingerprint density at radius 2 is 1.94 bits per heavy atom. The van der Waals surface area contributed by atoms with Gasteiger partial charge in [-0.15, -0.1) is 0 Å². The van der Waals surface area contributed by atoms with Crippen molar-refractivity contribution in [3.63, 3.8) is 0 Å². The van der Waals surface area contributed by atoms with Crippen molar-refractivity contribution in [3.05, 3.63) is 52.7 Å². The highest BCUT2D eigenvalue weighted by Gasteiger charge is 2.29. The Morgan fingerprint density at radius 1 is 1.12 bits per heavy atom. The van der Waals surface area contributed by atoms with Crippen molar-refractivity contribution in [2.45, 2.75) is 32.4 Å². The third kappa shape index (κ3) is 3.85. The van der Waals surface area contributed by atoms with E-state index in [1.165, 1.54) is 29.5 Å². The van der Waals surface area contributed by atoms with Crippen LogP contribution >= 0.6 is 11.6 Å². The normalized spacial score (nSPS) is 20.1. The van der Waals surface area contributed by atoms with Crippen LogP contribution in [0.1, 0.15) is 35.3 Å². The average Bonchev–Trinajstić information content (AvgIpc) is 3.16. The summed E-state index contributed by atoms with van der Waals surface area (Å²) in [5, 5.41) is 5.14. The molecule has 1 unspecified atom stereocenters. The summed E-state index contributed by atoms with van der Waals surface area (Å²) in [5.74, 6) is -0.553. The van der Waals surface area contributed by atoms with E-state index in [2.05, 4.69) is 40.0 Å². The van der Waals surface area contributed by atoms with Crippen molar-refractivity contribution in [2.75, 3.05) is 37.7 Å². The number of nitrogens with two attached hydrogens (primary N) is 1. The van der Waals surface area contributed by atoms with Crippen molar-refractivity contribution < 1.29 is 9.53 Å². The maximum Gasteiger partial charge on any atom is 0.267 e. The minimum absolute atomic E-state index is 0.280. The fourth-order valence-corrected chi connectivity index (χ4v) is 5.19. The number of fused-ring (bicyclic) bond motifs is 1. The zero-order chi connectivity index (χ0) is 22.2. The van der Waals surface area contributed by atoms with Crippen LogP contribution in [0.25, 0.3) is 16.8 Å². The quantitative estimate of drug-likeness (QED) is 0.651. The first-order valence-corrected chi connectivity index (χ1v) is 11.6. The first kappa shape index (κ1) is 21.2. The number of carbonyl (C=O) groups is 1. The van der Waals surface area contributed by atoms with Crippen molar-refractivity contribution in [3.8, 4) is 11.3 Å². The summed E-state index contributed by atoms with van der Waals surface area (Å²) in [6, 6.07) is 11.9. The van der Waals surface area contributed by atoms with Crippen molar-refractivity contribution in [1.82, 2.24) is 14.5 Å². The molecule has 0 bridgehead atoms. The van der Waals surface area contributed by atoms with Gasteiger partial charge in [-0.25, -0.2) is 4.52 Å². The smallest absolute Gasteiger partial charge is 0.267 e. The van der Waals surface area contributed by atoms with Crippen LogP contribution in [-0.2, 0) is 4.74 Å². The number of rotatable bonds is 4. The third-order valence-corrected chi connectivity index (χ3v) is 6.88. The summed E-state index contributed by atoms with van der Waals surface area (Å²) in [6.07, 6.45) is 4.08. The summed E-state index contributed by atoms with van der Waals surface area (Å²) in [7, 11) is 0. The number of amides is 1. The molecule has 168 valence electrons. The number of anilines is 1. The second-order valence-corrected chi connectivity index (χ2v) is 8.98. The number of primary amides is 1. The van der Waals surface area contributed by atoms with Gasteiger partial charge in [-0.3, -0.25) is 9.69 Å². The summed E-state index contributed by atoms with van der Waals surface area (Å²) in [4.78, 5) is 16.9. The molecule has 2 fully saturated rings. The van der Waals surface area contributed by atoms with E-state index in [0.717, 1.165) is 49.7 Å². The molecule has 0 radical (unpaired) electrons. The molecule has 32 heavy (non-hydrogen) atoms. The van der Waals surface area contributed by atoms with Crippen LogP contribution in [0, 0.1) is 6.92 Å². The first-order valence-electron chi connectivity index (χ1n) is 11.2. The lowest BCUT2D eigenvalue weighted by Gasteiger charge is -2.45. The van der Waals surface area contributed by atoms with Gasteiger partial charge >= 0.3 is 0 Å². The van der Waals surface area contributed by atoms with E-state index in [0.29, 0.717) is 16.7 Å². The monoisotopic (exact) mass is 453 g/mol. The lowest BCUT2D eigenvalue weighted by Crippen LogP contribution is -2.54. The van der Waals surface area contributed by atoms with E-state index in [-0.39, 0.29) is 5.69 Å². The molecule has 2 aromatic heterocycles. The maximum absolute atomic E-state index is 11.8. The Morgan fingerprint density at radius 3 is 2.69 bits per heavy atom. The summed E-state index contributed by atoms with van der Waals surface area (Å²) < 4.78 is 7.10. The molecule has 1 aromatic carbocycles. The number of hydrogen-bond acceptors (Lipinski definition) is 5. The topological polar surface area (TPSA) is 76.1 Å². The van der Waals surface area contributed by atoms with Crippen LogP contribution in [0.3, 0.4) is 0 Å². The molecule has 2 N–H and O–H groups in total. The average molecular weight is 454 g/mol.